The maximum atomic E-state index is 13.6. The molecule has 2 aliphatic rings. The van der Waals surface area contributed by atoms with Crippen LogP contribution in [0.4, 0.5) is 8.78 Å². The molecule has 154 valence electrons. The molecule has 0 saturated heterocycles. The van der Waals surface area contributed by atoms with Crippen molar-refractivity contribution in [2.75, 3.05) is 6.61 Å². The first-order valence-corrected chi connectivity index (χ1v) is 9.83. The second kappa shape index (κ2) is 7.53. The zero-order valence-electron chi connectivity index (χ0n) is 16.1. The standard InChI is InChI=1S/C22H20F2N4O2/c23-16-6-5-13(8-17(16)24)18-10-28-11-19(27-21(28)9-25-18)22(29)26-15-7-14-3-1-2-4-20(14)30-12-15/h1-6,8,11,15,18,25H,7,9-10,12H2,(H,26,29). The van der Waals surface area contributed by atoms with Gasteiger partial charge < -0.3 is 19.9 Å². The van der Waals surface area contributed by atoms with E-state index in [2.05, 4.69) is 15.6 Å². The lowest BCUT2D eigenvalue weighted by atomic mass is 10.0. The Morgan fingerprint density at radius 1 is 1.20 bits per heavy atom. The van der Waals surface area contributed by atoms with E-state index in [1.807, 2.05) is 28.8 Å². The Balaban J connectivity index is 1.27. The molecule has 6 nitrogen and oxygen atoms in total. The molecule has 3 heterocycles. The van der Waals surface area contributed by atoms with Crippen LogP contribution in [0.15, 0.2) is 48.7 Å². The number of rotatable bonds is 3. The van der Waals surface area contributed by atoms with E-state index in [0.717, 1.165) is 23.2 Å². The van der Waals surface area contributed by atoms with Crippen LogP contribution in [0.3, 0.4) is 0 Å². The summed E-state index contributed by atoms with van der Waals surface area (Å²) in [5.74, 6) is -0.415. The predicted octanol–water partition coefficient (Wildman–Crippen LogP) is 2.74. The average Bonchev–Trinajstić information content (AvgIpc) is 3.19. The van der Waals surface area contributed by atoms with Gasteiger partial charge in [-0.3, -0.25) is 4.79 Å². The van der Waals surface area contributed by atoms with Crippen LogP contribution >= 0.6 is 0 Å². The Labute approximate surface area is 171 Å². The summed E-state index contributed by atoms with van der Waals surface area (Å²) in [6, 6.07) is 11.4. The maximum absolute atomic E-state index is 13.6. The molecule has 0 saturated carbocycles. The lowest BCUT2D eigenvalue weighted by Gasteiger charge is -2.25. The average molecular weight is 410 g/mol. The highest BCUT2D eigenvalue weighted by molar-refractivity contribution is 5.92. The molecule has 0 aliphatic carbocycles. The lowest BCUT2D eigenvalue weighted by molar-refractivity contribution is 0.0910. The first kappa shape index (κ1) is 18.7. The van der Waals surface area contributed by atoms with Gasteiger partial charge in [0, 0.05) is 12.7 Å². The van der Waals surface area contributed by atoms with Gasteiger partial charge in [-0.2, -0.15) is 0 Å². The minimum Gasteiger partial charge on any atom is -0.491 e. The smallest absolute Gasteiger partial charge is 0.271 e. The van der Waals surface area contributed by atoms with Crippen molar-refractivity contribution >= 4 is 5.91 Å². The van der Waals surface area contributed by atoms with Gasteiger partial charge in [0.2, 0.25) is 0 Å². The molecule has 0 spiro atoms. The number of nitrogens with one attached hydrogen (secondary N) is 2. The molecule has 2 aromatic carbocycles. The van der Waals surface area contributed by atoms with E-state index < -0.39 is 11.6 Å². The predicted molar refractivity (Wildman–Crippen MR) is 105 cm³/mol. The maximum Gasteiger partial charge on any atom is 0.271 e. The van der Waals surface area contributed by atoms with Crippen LogP contribution < -0.4 is 15.4 Å². The van der Waals surface area contributed by atoms with Crippen LogP contribution in [-0.4, -0.2) is 28.1 Å². The molecule has 2 aliphatic heterocycles. The first-order valence-electron chi connectivity index (χ1n) is 9.83. The number of benzene rings is 2. The fraction of sp³-hybridized carbons (Fsp3) is 0.273. The largest absolute Gasteiger partial charge is 0.491 e. The Bertz CT molecular complexity index is 1110. The van der Waals surface area contributed by atoms with E-state index in [9.17, 15) is 13.6 Å². The van der Waals surface area contributed by atoms with Crippen molar-refractivity contribution in [2.24, 2.45) is 0 Å². The molecule has 30 heavy (non-hydrogen) atoms. The van der Waals surface area contributed by atoms with Gasteiger partial charge in [-0.25, -0.2) is 13.8 Å². The normalized spacial score (nSPS) is 20.1. The minimum absolute atomic E-state index is 0.126. The van der Waals surface area contributed by atoms with Crippen molar-refractivity contribution in [3.05, 3.63) is 82.9 Å². The van der Waals surface area contributed by atoms with Crippen molar-refractivity contribution < 1.29 is 18.3 Å². The summed E-state index contributed by atoms with van der Waals surface area (Å²) >= 11 is 0. The van der Waals surface area contributed by atoms with Crippen molar-refractivity contribution in [3.63, 3.8) is 0 Å². The molecule has 1 aromatic heterocycles. The number of hydrogen-bond donors (Lipinski definition) is 2. The van der Waals surface area contributed by atoms with E-state index in [-0.39, 0.29) is 18.0 Å². The number of fused-ring (bicyclic) bond motifs is 2. The zero-order chi connectivity index (χ0) is 20.7. The molecule has 2 unspecified atom stereocenters. The fourth-order valence-corrected chi connectivity index (χ4v) is 3.97. The monoisotopic (exact) mass is 410 g/mol. The highest BCUT2D eigenvalue weighted by atomic mass is 19.2. The van der Waals surface area contributed by atoms with Crippen LogP contribution in [-0.2, 0) is 19.5 Å². The van der Waals surface area contributed by atoms with Gasteiger partial charge in [0.1, 0.15) is 23.9 Å². The van der Waals surface area contributed by atoms with Crippen molar-refractivity contribution in [3.8, 4) is 5.75 Å². The number of ether oxygens (including phenoxy) is 1. The Morgan fingerprint density at radius 3 is 2.93 bits per heavy atom. The summed E-state index contributed by atoms with van der Waals surface area (Å²) in [6.07, 6.45) is 2.41. The Hall–Kier alpha value is -3.26. The van der Waals surface area contributed by atoms with E-state index in [1.54, 1.807) is 12.3 Å². The molecular weight excluding hydrogens is 390 g/mol. The molecule has 0 radical (unpaired) electrons. The van der Waals surface area contributed by atoms with Crippen LogP contribution in [0, 0.1) is 11.6 Å². The number of halogens is 2. The zero-order valence-corrected chi connectivity index (χ0v) is 16.1. The summed E-state index contributed by atoms with van der Waals surface area (Å²) in [7, 11) is 0. The van der Waals surface area contributed by atoms with Crippen molar-refractivity contribution in [2.45, 2.75) is 31.6 Å². The van der Waals surface area contributed by atoms with Crippen LogP contribution in [0.5, 0.6) is 5.75 Å². The molecule has 0 fully saturated rings. The van der Waals surface area contributed by atoms with Gasteiger partial charge >= 0.3 is 0 Å². The van der Waals surface area contributed by atoms with Gasteiger partial charge in [-0.15, -0.1) is 0 Å². The summed E-state index contributed by atoms with van der Waals surface area (Å²) in [5, 5.41) is 6.25. The molecule has 1 amide bonds. The third kappa shape index (κ3) is 3.54. The number of carbonyl (C=O) groups excluding carboxylic acids is 1. The molecule has 2 N–H and O–H groups in total. The SMILES string of the molecule is O=C(NC1COc2ccccc2C1)c1cn2c(n1)CNC(c1ccc(F)c(F)c1)C2. The van der Waals surface area contributed by atoms with E-state index in [0.29, 0.717) is 37.4 Å². The molecular formula is C22H20F2N4O2. The lowest BCUT2D eigenvalue weighted by Crippen LogP contribution is -2.42. The quantitative estimate of drug-likeness (QED) is 0.697. The van der Waals surface area contributed by atoms with Crippen molar-refractivity contribution in [1.82, 2.24) is 20.2 Å². The molecule has 2 atom stereocenters. The number of carbonyl (C=O) groups is 1. The topological polar surface area (TPSA) is 68.2 Å². The van der Waals surface area contributed by atoms with Gasteiger partial charge in [-0.05, 0) is 35.7 Å². The van der Waals surface area contributed by atoms with Crippen LogP contribution in [0.1, 0.15) is 33.5 Å². The summed E-state index contributed by atoms with van der Waals surface area (Å²) in [6.45, 7) is 1.31. The minimum atomic E-state index is -0.873. The Morgan fingerprint density at radius 2 is 2.07 bits per heavy atom. The third-order valence-electron chi connectivity index (χ3n) is 5.54. The summed E-state index contributed by atoms with van der Waals surface area (Å²) in [5.41, 5.74) is 2.05. The van der Waals surface area contributed by atoms with Gasteiger partial charge in [0.15, 0.2) is 11.6 Å². The molecule has 3 aromatic rings. The van der Waals surface area contributed by atoms with Crippen molar-refractivity contribution in [1.29, 1.82) is 0 Å². The number of amides is 1. The van der Waals surface area contributed by atoms with Gasteiger partial charge in [-0.1, -0.05) is 24.3 Å². The second-order valence-electron chi connectivity index (χ2n) is 7.60. The number of aromatic nitrogens is 2. The number of hydrogen-bond acceptors (Lipinski definition) is 4. The number of nitrogens with zero attached hydrogens (tertiary/aromatic N) is 2. The summed E-state index contributed by atoms with van der Waals surface area (Å²) in [4.78, 5) is 17.2. The third-order valence-corrected chi connectivity index (χ3v) is 5.54. The Kier molecular flexibility index (Phi) is 4.71. The second-order valence-corrected chi connectivity index (χ2v) is 7.60. The fourth-order valence-electron chi connectivity index (χ4n) is 3.97. The van der Waals surface area contributed by atoms with E-state index in [1.165, 1.54) is 6.07 Å². The van der Waals surface area contributed by atoms with Crippen LogP contribution in [0.25, 0.3) is 0 Å². The highest BCUT2D eigenvalue weighted by Crippen LogP contribution is 2.25. The molecule has 8 heteroatoms. The van der Waals surface area contributed by atoms with Crippen LogP contribution in [0.2, 0.25) is 0 Å². The molecule has 5 rings (SSSR count). The highest BCUT2D eigenvalue weighted by Gasteiger charge is 2.26. The summed E-state index contributed by atoms with van der Waals surface area (Å²) < 4.78 is 34.4. The van der Waals surface area contributed by atoms with Gasteiger partial charge in [0.05, 0.1) is 18.6 Å². The number of para-hydroxylation sites is 1. The molecule has 0 bridgehead atoms. The van der Waals surface area contributed by atoms with E-state index in [4.69, 9.17) is 4.74 Å². The number of imidazole rings is 1. The van der Waals surface area contributed by atoms with Gasteiger partial charge in [0.25, 0.3) is 5.91 Å². The van der Waals surface area contributed by atoms with E-state index >= 15 is 0 Å². The first-order chi connectivity index (χ1) is 14.6.